The Morgan fingerprint density at radius 2 is 2.04 bits per heavy atom. The smallest absolute Gasteiger partial charge is 0.271 e. The van der Waals surface area contributed by atoms with E-state index >= 15 is 0 Å². The second-order valence-electron chi connectivity index (χ2n) is 5.09. The van der Waals surface area contributed by atoms with Crippen molar-refractivity contribution in [2.45, 2.75) is 20.8 Å². The molecule has 1 aromatic carbocycles. The molecule has 0 bridgehead atoms. The van der Waals surface area contributed by atoms with Gasteiger partial charge in [-0.25, -0.2) is 0 Å². The number of amides is 1. The number of anilines is 1. The molecule has 2 aromatic heterocycles. The Kier molecular flexibility index (Phi) is 3.57. The van der Waals surface area contributed by atoms with Crippen LogP contribution in [-0.2, 0) is 0 Å². The van der Waals surface area contributed by atoms with E-state index in [1.807, 2.05) is 13.8 Å². The van der Waals surface area contributed by atoms with E-state index in [-0.39, 0.29) is 11.6 Å². The second kappa shape index (κ2) is 5.43. The number of hydrogen-bond acceptors (Lipinski definition) is 6. The van der Waals surface area contributed by atoms with Gasteiger partial charge in [0, 0.05) is 17.8 Å². The fraction of sp³-hybridized carbons (Fsp3) is 0.214. The maximum absolute atomic E-state index is 12.5. The first-order valence-corrected chi connectivity index (χ1v) is 7.57. The number of nitrogens with zero attached hydrogens (tertiary/aromatic N) is 4. The van der Waals surface area contributed by atoms with Gasteiger partial charge in [-0.05, 0) is 26.3 Å². The molecule has 0 aliphatic carbocycles. The van der Waals surface area contributed by atoms with Gasteiger partial charge in [-0.1, -0.05) is 17.4 Å². The largest absolute Gasteiger partial charge is 0.321 e. The van der Waals surface area contributed by atoms with Gasteiger partial charge in [0.2, 0.25) is 4.96 Å². The highest BCUT2D eigenvalue weighted by molar-refractivity contribution is 7.19. The van der Waals surface area contributed by atoms with Crippen LogP contribution in [-0.4, -0.2) is 25.4 Å². The van der Waals surface area contributed by atoms with E-state index in [1.54, 1.807) is 17.4 Å². The Morgan fingerprint density at radius 1 is 1.30 bits per heavy atom. The summed E-state index contributed by atoms with van der Waals surface area (Å²) in [4.78, 5) is 24.0. The van der Waals surface area contributed by atoms with Gasteiger partial charge in [-0.3, -0.25) is 19.3 Å². The molecular weight excluding hydrogens is 318 g/mol. The first-order valence-electron chi connectivity index (χ1n) is 6.76. The average Bonchev–Trinajstić information content (AvgIpc) is 3.02. The number of nitrogens with one attached hydrogen (secondary N) is 1. The van der Waals surface area contributed by atoms with Gasteiger partial charge < -0.3 is 5.32 Å². The molecule has 1 N–H and O–H groups in total. The molecule has 2 heterocycles. The summed E-state index contributed by atoms with van der Waals surface area (Å²) in [7, 11) is 0. The number of thiazole rings is 1. The number of hydrogen-bond donors (Lipinski definition) is 1. The molecule has 0 radical (unpaired) electrons. The van der Waals surface area contributed by atoms with Crippen LogP contribution in [0, 0.1) is 30.9 Å². The molecule has 23 heavy (non-hydrogen) atoms. The fourth-order valence-corrected chi connectivity index (χ4v) is 3.32. The molecule has 1 amide bonds. The van der Waals surface area contributed by atoms with Crippen LogP contribution in [0.25, 0.3) is 4.96 Å². The molecule has 118 valence electrons. The number of non-ortho nitro benzene ring substituents is 1. The topological polar surface area (TPSA) is 102 Å². The summed E-state index contributed by atoms with van der Waals surface area (Å²) in [5.74, 6) is 0.389. The molecule has 0 unspecified atom stereocenters. The van der Waals surface area contributed by atoms with Crippen LogP contribution in [0.3, 0.4) is 0 Å². The van der Waals surface area contributed by atoms with E-state index in [0.29, 0.717) is 21.3 Å². The molecule has 0 spiro atoms. The lowest BCUT2D eigenvalue weighted by molar-refractivity contribution is -0.384. The lowest BCUT2D eigenvalue weighted by Gasteiger charge is -2.07. The van der Waals surface area contributed by atoms with E-state index in [1.165, 1.54) is 23.5 Å². The normalized spacial score (nSPS) is 10.9. The summed E-state index contributed by atoms with van der Waals surface area (Å²) < 4.78 is 1.81. The first-order chi connectivity index (χ1) is 10.9. The van der Waals surface area contributed by atoms with Crippen LogP contribution < -0.4 is 5.32 Å². The lowest BCUT2D eigenvalue weighted by atomic mass is 10.2. The molecule has 0 saturated carbocycles. The summed E-state index contributed by atoms with van der Waals surface area (Å²) in [6, 6.07) is 4.37. The molecule has 0 saturated heterocycles. The van der Waals surface area contributed by atoms with E-state index in [4.69, 9.17) is 0 Å². The zero-order valence-electron chi connectivity index (χ0n) is 12.7. The van der Waals surface area contributed by atoms with Crippen molar-refractivity contribution in [1.82, 2.24) is 14.6 Å². The lowest BCUT2D eigenvalue weighted by Crippen LogP contribution is -2.13. The number of aromatic nitrogens is 3. The van der Waals surface area contributed by atoms with Crippen LogP contribution in [0.5, 0.6) is 0 Å². The third kappa shape index (κ3) is 2.55. The van der Waals surface area contributed by atoms with E-state index < -0.39 is 4.92 Å². The molecule has 9 heteroatoms. The Balaban J connectivity index is 1.96. The summed E-state index contributed by atoms with van der Waals surface area (Å²) in [5, 5.41) is 21.6. The van der Waals surface area contributed by atoms with Crippen LogP contribution in [0.15, 0.2) is 18.2 Å². The zero-order valence-corrected chi connectivity index (χ0v) is 13.5. The number of rotatable bonds is 3. The van der Waals surface area contributed by atoms with Crippen LogP contribution >= 0.6 is 11.3 Å². The van der Waals surface area contributed by atoms with Gasteiger partial charge in [0.15, 0.2) is 0 Å². The summed E-state index contributed by atoms with van der Waals surface area (Å²) >= 11 is 1.23. The standard InChI is InChI=1S/C14H13N5O3S/c1-7-4-5-10(19(21)22)6-11(7)15-13(20)12-8(2)18-9(3)16-17-14(18)23-12/h4-6H,1-3H3,(H,15,20). The van der Waals surface area contributed by atoms with Crippen molar-refractivity contribution in [1.29, 1.82) is 0 Å². The van der Waals surface area contributed by atoms with Crippen LogP contribution in [0.4, 0.5) is 11.4 Å². The Bertz CT molecular complexity index is 943. The molecule has 3 rings (SSSR count). The van der Waals surface area contributed by atoms with Crippen molar-refractivity contribution in [3.05, 3.63) is 50.3 Å². The third-order valence-corrected chi connectivity index (χ3v) is 4.67. The molecular formula is C14H13N5O3S. The highest BCUT2D eigenvalue weighted by Crippen LogP contribution is 2.26. The monoisotopic (exact) mass is 331 g/mol. The predicted octanol–water partition coefficient (Wildman–Crippen LogP) is 2.88. The van der Waals surface area contributed by atoms with E-state index in [0.717, 1.165) is 11.3 Å². The fourth-order valence-electron chi connectivity index (χ4n) is 2.31. The average molecular weight is 331 g/mol. The van der Waals surface area contributed by atoms with Crippen LogP contribution in [0.1, 0.15) is 26.8 Å². The number of nitro benzene ring substituents is 1. The summed E-state index contributed by atoms with van der Waals surface area (Å²) in [6.07, 6.45) is 0. The number of aryl methyl sites for hydroxylation is 3. The van der Waals surface area contributed by atoms with Crippen molar-refractivity contribution in [2.75, 3.05) is 5.32 Å². The Morgan fingerprint density at radius 3 is 2.70 bits per heavy atom. The minimum Gasteiger partial charge on any atom is -0.321 e. The highest BCUT2D eigenvalue weighted by Gasteiger charge is 2.19. The van der Waals surface area contributed by atoms with Crippen molar-refractivity contribution in [3.63, 3.8) is 0 Å². The van der Waals surface area contributed by atoms with Gasteiger partial charge in [0.05, 0.1) is 10.6 Å². The number of carbonyl (C=O) groups is 1. The molecule has 3 aromatic rings. The van der Waals surface area contributed by atoms with Gasteiger partial charge >= 0.3 is 0 Å². The first kappa shape index (κ1) is 15.1. The van der Waals surface area contributed by atoms with Crippen molar-refractivity contribution >= 4 is 33.6 Å². The quantitative estimate of drug-likeness (QED) is 0.587. The number of nitro groups is 1. The van der Waals surface area contributed by atoms with Crippen molar-refractivity contribution < 1.29 is 9.72 Å². The number of carbonyl (C=O) groups excluding carboxylic acids is 1. The SMILES string of the molecule is Cc1ccc([N+](=O)[O-])cc1NC(=O)c1sc2nnc(C)n2c1C. The van der Waals surface area contributed by atoms with Gasteiger partial charge in [-0.2, -0.15) is 0 Å². The van der Waals surface area contributed by atoms with Crippen molar-refractivity contribution in [2.24, 2.45) is 0 Å². The Hall–Kier alpha value is -2.81. The van der Waals surface area contributed by atoms with Gasteiger partial charge in [0.25, 0.3) is 11.6 Å². The number of fused-ring (bicyclic) bond motifs is 1. The van der Waals surface area contributed by atoms with Crippen LogP contribution in [0.2, 0.25) is 0 Å². The zero-order chi connectivity index (χ0) is 16.7. The molecule has 0 aliphatic heterocycles. The van der Waals surface area contributed by atoms with E-state index in [2.05, 4.69) is 15.5 Å². The van der Waals surface area contributed by atoms with Gasteiger partial charge in [-0.15, -0.1) is 10.2 Å². The molecule has 0 aliphatic rings. The third-order valence-electron chi connectivity index (χ3n) is 3.54. The Labute approximate surface area is 134 Å². The summed E-state index contributed by atoms with van der Waals surface area (Å²) in [5.41, 5.74) is 1.85. The second-order valence-corrected chi connectivity index (χ2v) is 6.07. The van der Waals surface area contributed by atoms with E-state index in [9.17, 15) is 14.9 Å². The molecule has 0 fully saturated rings. The molecule has 0 atom stereocenters. The predicted molar refractivity (Wildman–Crippen MR) is 86.1 cm³/mol. The number of benzene rings is 1. The maximum Gasteiger partial charge on any atom is 0.271 e. The van der Waals surface area contributed by atoms with Gasteiger partial charge in [0.1, 0.15) is 10.7 Å². The minimum absolute atomic E-state index is 0.0661. The maximum atomic E-state index is 12.5. The minimum atomic E-state index is -0.491. The van der Waals surface area contributed by atoms with Crippen molar-refractivity contribution in [3.8, 4) is 0 Å². The highest BCUT2D eigenvalue weighted by atomic mass is 32.1. The summed E-state index contributed by atoms with van der Waals surface area (Å²) in [6.45, 7) is 5.41. The molecule has 8 nitrogen and oxygen atoms in total.